The summed E-state index contributed by atoms with van der Waals surface area (Å²) >= 11 is 0. The van der Waals surface area contributed by atoms with Crippen LogP contribution in [0.25, 0.3) is 0 Å². The Morgan fingerprint density at radius 3 is 2.41 bits per heavy atom. The first-order valence-electron chi connectivity index (χ1n) is 10.3. The Hall–Kier alpha value is -2.74. The molecular formula is C21H24N4O4. The van der Waals surface area contributed by atoms with Gasteiger partial charge in [0.05, 0.1) is 11.1 Å². The van der Waals surface area contributed by atoms with Crippen molar-refractivity contribution in [1.29, 1.82) is 0 Å². The van der Waals surface area contributed by atoms with Crippen molar-refractivity contribution in [3.05, 3.63) is 29.3 Å². The van der Waals surface area contributed by atoms with E-state index in [4.69, 9.17) is 5.73 Å². The van der Waals surface area contributed by atoms with Gasteiger partial charge >= 0.3 is 0 Å². The Balaban J connectivity index is 1.36. The van der Waals surface area contributed by atoms with Crippen LogP contribution in [0.15, 0.2) is 18.2 Å². The van der Waals surface area contributed by atoms with Crippen molar-refractivity contribution in [2.24, 2.45) is 17.6 Å². The molecule has 8 nitrogen and oxygen atoms in total. The van der Waals surface area contributed by atoms with Crippen molar-refractivity contribution in [3.63, 3.8) is 0 Å². The molecule has 5 atom stereocenters. The molecule has 2 heterocycles. The number of amides is 4. The normalized spacial score (nSPS) is 33.7. The Kier molecular flexibility index (Phi) is 4.20. The molecule has 1 aromatic rings. The highest BCUT2D eigenvalue weighted by Gasteiger charge is 2.45. The third-order valence-electron chi connectivity index (χ3n) is 7.01. The minimum absolute atomic E-state index is 0.114. The number of nitrogens with one attached hydrogen (secondary N) is 2. The predicted molar refractivity (Wildman–Crippen MR) is 104 cm³/mol. The number of benzene rings is 1. The van der Waals surface area contributed by atoms with E-state index in [9.17, 15) is 19.2 Å². The number of piperidine rings is 1. The van der Waals surface area contributed by atoms with Gasteiger partial charge in [0, 0.05) is 24.2 Å². The molecule has 1 saturated heterocycles. The van der Waals surface area contributed by atoms with Gasteiger partial charge in [-0.2, -0.15) is 0 Å². The molecule has 1 aromatic carbocycles. The van der Waals surface area contributed by atoms with Gasteiger partial charge in [-0.15, -0.1) is 0 Å². The second-order valence-corrected chi connectivity index (χ2v) is 8.69. The van der Waals surface area contributed by atoms with Crippen LogP contribution in [0.1, 0.15) is 59.2 Å². The van der Waals surface area contributed by atoms with E-state index in [2.05, 4.69) is 10.6 Å². The molecule has 6 rings (SSSR count). The van der Waals surface area contributed by atoms with Crippen molar-refractivity contribution in [1.82, 2.24) is 10.2 Å². The van der Waals surface area contributed by atoms with Crippen LogP contribution in [0.3, 0.4) is 0 Å². The number of nitrogens with zero attached hydrogens (tertiary/aromatic N) is 1. The van der Waals surface area contributed by atoms with Gasteiger partial charge in [0.15, 0.2) is 0 Å². The maximum atomic E-state index is 12.9. The molecule has 0 radical (unpaired) electrons. The van der Waals surface area contributed by atoms with E-state index in [-0.39, 0.29) is 24.8 Å². The molecule has 3 aliphatic carbocycles. The summed E-state index contributed by atoms with van der Waals surface area (Å²) in [7, 11) is 0. The second-order valence-electron chi connectivity index (χ2n) is 8.69. The minimum Gasteiger partial charge on any atom is -0.382 e. The number of hydrogen-bond donors (Lipinski definition) is 3. The van der Waals surface area contributed by atoms with E-state index < -0.39 is 23.8 Å². The third-order valence-corrected chi connectivity index (χ3v) is 7.01. The molecule has 8 heteroatoms. The summed E-state index contributed by atoms with van der Waals surface area (Å²) in [5, 5.41) is 5.76. The van der Waals surface area contributed by atoms with Crippen LogP contribution in [0.5, 0.6) is 0 Å². The highest BCUT2D eigenvalue weighted by Crippen LogP contribution is 2.42. The standard InChI is InChI=1S/C21H24N4O4/c22-15-7-11-2-1-10(15)8-16(11)23-12-3-4-13-14(9-12)21(29)25(20(13)28)17-5-6-18(26)24-19(17)27/h3-4,9-11,15-17,23H,1-2,5-8,22H2,(H,24,26,27)/t10-,11-,15-,16-,17?/m1/s1. The fraction of sp³-hybridized carbons (Fsp3) is 0.524. The maximum Gasteiger partial charge on any atom is 0.262 e. The highest BCUT2D eigenvalue weighted by atomic mass is 16.2. The molecule has 5 aliphatic rings. The van der Waals surface area contributed by atoms with Crippen LogP contribution in [0, 0.1) is 11.8 Å². The van der Waals surface area contributed by atoms with Gasteiger partial charge in [-0.3, -0.25) is 29.4 Å². The summed E-state index contributed by atoms with van der Waals surface area (Å²) < 4.78 is 0. The highest BCUT2D eigenvalue weighted by molar-refractivity contribution is 6.23. The molecular weight excluding hydrogens is 372 g/mol. The Labute approximate surface area is 168 Å². The van der Waals surface area contributed by atoms with E-state index in [1.807, 2.05) is 6.07 Å². The zero-order valence-corrected chi connectivity index (χ0v) is 16.0. The summed E-state index contributed by atoms with van der Waals surface area (Å²) in [6.07, 6.45) is 4.67. The van der Waals surface area contributed by atoms with Crippen LogP contribution in [-0.4, -0.2) is 46.7 Å². The van der Waals surface area contributed by atoms with E-state index in [1.54, 1.807) is 12.1 Å². The van der Waals surface area contributed by atoms with Crippen molar-refractivity contribution in [2.75, 3.05) is 5.32 Å². The van der Waals surface area contributed by atoms with Crippen LogP contribution in [0.2, 0.25) is 0 Å². The van der Waals surface area contributed by atoms with Crippen molar-refractivity contribution < 1.29 is 19.2 Å². The second kappa shape index (κ2) is 6.66. The lowest BCUT2D eigenvalue weighted by Gasteiger charge is -2.46. The van der Waals surface area contributed by atoms with E-state index in [0.29, 0.717) is 29.0 Å². The summed E-state index contributed by atoms with van der Waals surface area (Å²) in [5.74, 6) is -0.859. The van der Waals surface area contributed by atoms with Crippen molar-refractivity contribution in [3.8, 4) is 0 Å². The molecule has 0 spiro atoms. The summed E-state index contributed by atoms with van der Waals surface area (Å²) in [5.41, 5.74) is 7.64. The molecule has 4 N–H and O–H groups in total. The molecule has 3 saturated carbocycles. The van der Waals surface area contributed by atoms with E-state index >= 15 is 0 Å². The number of nitrogens with two attached hydrogens (primary N) is 1. The maximum absolute atomic E-state index is 12.9. The topological polar surface area (TPSA) is 122 Å². The average Bonchev–Trinajstić information content (AvgIpc) is 2.93. The van der Waals surface area contributed by atoms with Gasteiger partial charge in [-0.25, -0.2) is 0 Å². The molecule has 4 amide bonds. The SMILES string of the molecule is N[C@@H]1C[C@H]2CC[C@@H]1C[C@H]2Nc1ccc2c(c1)C(=O)N(C1CCC(=O)NC1=O)C2=O. The van der Waals surface area contributed by atoms with Gasteiger partial charge in [-0.05, 0) is 62.1 Å². The first-order valence-corrected chi connectivity index (χ1v) is 10.3. The first kappa shape index (κ1) is 18.3. The van der Waals surface area contributed by atoms with Gasteiger partial charge in [0.25, 0.3) is 11.8 Å². The number of imide groups is 2. The fourth-order valence-corrected chi connectivity index (χ4v) is 5.43. The molecule has 1 unspecified atom stereocenters. The first-order chi connectivity index (χ1) is 13.9. The predicted octanol–water partition coefficient (Wildman–Crippen LogP) is 1.02. The fourth-order valence-electron chi connectivity index (χ4n) is 5.43. The average molecular weight is 396 g/mol. The largest absolute Gasteiger partial charge is 0.382 e. The van der Waals surface area contributed by atoms with Gasteiger partial charge < -0.3 is 11.1 Å². The Bertz CT molecular complexity index is 929. The lowest BCUT2D eigenvalue weighted by Crippen LogP contribution is -2.54. The molecule has 2 bridgehead atoms. The molecule has 29 heavy (non-hydrogen) atoms. The van der Waals surface area contributed by atoms with Crippen LogP contribution in [0.4, 0.5) is 5.69 Å². The summed E-state index contributed by atoms with van der Waals surface area (Å²) in [4.78, 5) is 50.3. The van der Waals surface area contributed by atoms with Crippen molar-refractivity contribution >= 4 is 29.3 Å². The third kappa shape index (κ3) is 2.93. The van der Waals surface area contributed by atoms with E-state index in [0.717, 1.165) is 23.4 Å². The number of carbonyl (C=O) groups is 4. The van der Waals surface area contributed by atoms with Crippen LogP contribution >= 0.6 is 0 Å². The quantitative estimate of drug-likeness (QED) is 0.656. The van der Waals surface area contributed by atoms with Crippen LogP contribution in [-0.2, 0) is 9.59 Å². The smallest absolute Gasteiger partial charge is 0.262 e. The van der Waals surface area contributed by atoms with Gasteiger partial charge in [0.1, 0.15) is 6.04 Å². The molecule has 2 aliphatic heterocycles. The number of rotatable bonds is 3. The number of fused-ring (bicyclic) bond motifs is 4. The number of carbonyl (C=O) groups excluding carboxylic acids is 4. The number of anilines is 1. The molecule has 4 fully saturated rings. The Morgan fingerprint density at radius 2 is 1.72 bits per heavy atom. The monoisotopic (exact) mass is 396 g/mol. The van der Waals surface area contributed by atoms with Gasteiger partial charge in [-0.1, -0.05) is 0 Å². The zero-order chi connectivity index (χ0) is 20.3. The lowest BCUT2D eigenvalue weighted by atomic mass is 9.65. The minimum atomic E-state index is -0.938. The summed E-state index contributed by atoms with van der Waals surface area (Å²) in [6.45, 7) is 0. The summed E-state index contributed by atoms with van der Waals surface area (Å²) in [6, 6.07) is 4.85. The Morgan fingerprint density at radius 1 is 0.966 bits per heavy atom. The van der Waals surface area contributed by atoms with E-state index in [1.165, 1.54) is 12.8 Å². The van der Waals surface area contributed by atoms with Crippen molar-refractivity contribution in [2.45, 2.75) is 56.7 Å². The molecule has 0 aromatic heterocycles. The molecule has 152 valence electrons. The lowest BCUT2D eigenvalue weighted by molar-refractivity contribution is -0.136. The van der Waals surface area contributed by atoms with Crippen LogP contribution < -0.4 is 16.4 Å². The number of hydrogen-bond acceptors (Lipinski definition) is 6. The van der Waals surface area contributed by atoms with Gasteiger partial charge in [0.2, 0.25) is 11.8 Å². The zero-order valence-electron chi connectivity index (χ0n) is 16.0.